The van der Waals surface area contributed by atoms with E-state index in [9.17, 15) is 39.0 Å². The van der Waals surface area contributed by atoms with Crippen LogP contribution in [-0.4, -0.2) is 89.6 Å². The number of alkyl halides is 1. The summed E-state index contributed by atoms with van der Waals surface area (Å²) in [4.78, 5) is 76.8. The van der Waals surface area contributed by atoms with E-state index in [0.717, 1.165) is 24.8 Å². The summed E-state index contributed by atoms with van der Waals surface area (Å²) in [5.41, 5.74) is -2.93. The summed E-state index contributed by atoms with van der Waals surface area (Å²) in [5.74, 6) is -3.86. The van der Waals surface area contributed by atoms with Crippen molar-refractivity contribution in [3.05, 3.63) is 47.6 Å². The van der Waals surface area contributed by atoms with Gasteiger partial charge in [-0.3, -0.25) is 19.2 Å². The van der Waals surface area contributed by atoms with Crippen molar-refractivity contribution in [1.29, 1.82) is 0 Å². The van der Waals surface area contributed by atoms with Crippen LogP contribution in [-0.2, 0) is 43.0 Å². The van der Waals surface area contributed by atoms with Crippen LogP contribution in [0.2, 0.25) is 0 Å². The fourth-order valence-corrected chi connectivity index (χ4v) is 14.9. The van der Waals surface area contributed by atoms with Gasteiger partial charge in [0, 0.05) is 34.5 Å². The third-order valence-corrected chi connectivity index (χ3v) is 17.4. The summed E-state index contributed by atoms with van der Waals surface area (Å²) in [6.45, 7) is 7.63. The van der Waals surface area contributed by atoms with Crippen LogP contribution < -0.4 is 0 Å². The third kappa shape index (κ3) is 6.43. The number of ketones is 4. The average molecular weight is 819 g/mol. The monoisotopic (exact) mass is 818 g/mol. The van der Waals surface area contributed by atoms with Crippen molar-refractivity contribution in [1.82, 2.24) is 0 Å². The number of hydrogen-bond acceptors (Lipinski definition) is 11. The summed E-state index contributed by atoms with van der Waals surface area (Å²) in [6, 6.07) is 0. The van der Waals surface area contributed by atoms with Crippen LogP contribution in [0.25, 0.3) is 0 Å². The first-order chi connectivity index (χ1) is 27.8. The zero-order valence-electron chi connectivity index (χ0n) is 34.9. The molecule has 11 nitrogen and oxygen atoms in total. The normalized spacial score (nSPS) is 45.4. The fraction of sp³-hybridized carbons (Fsp3) is 0.702. The van der Waals surface area contributed by atoms with Crippen molar-refractivity contribution in [3.8, 4) is 0 Å². The molecule has 0 saturated heterocycles. The molecule has 0 amide bonds. The second-order valence-corrected chi connectivity index (χ2v) is 20.2. The Balaban J connectivity index is 0.799. The first-order valence-corrected chi connectivity index (χ1v) is 21.7. The van der Waals surface area contributed by atoms with E-state index in [1.807, 2.05) is 19.9 Å². The third-order valence-electron chi connectivity index (χ3n) is 17.4. The number of Topliss-reactive ketones (excluding diaryl/α,β-unsaturated/α-hetero) is 2. The summed E-state index contributed by atoms with van der Waals surface area (Å²) in [6.07, 6.45) is 12.9. The number of carbonyl (C=O) groups is 6. The van der Waals surface area contributed by atoms with Crippen LogP contribution in [0.1, 0.15) is 92.4 Å². The SMILES string of the molecule is CC1CC2C3CCC4=CC(=O)C=CC4(C)C3(F)C(O)CC2(C)C1C(=O)COC(=O)COCC(=O)OCC(=O)C1CCC2C3CCC4=CC(=O)C=CC4(C)C3C(O)CC12C. The molecular formula is C47H59FO11. The number of halogens is 1. The fourth-order valence-electron chi connectivity index (χ4n) is 14.9. The Morgan fingerprint density at radius 3 is 2.07 bits per heavy atom. The van der Waals surface area contributed by atoms with Gasteiger partial charge in [0.15, 0.2) is 28.8 Å². The van der Waals surface area contributed by atoms with Crippen molar-refractivity contribution in [2.24, 2.45) is 69.0 Å². The highest BCUT2D eigenvalue weighted by molar-refractivity contribution is 6.02. The number of rotatable bonds is 10. The smallest absolute Gasteiger partial charge is 0.332 e. The van der Waals surface area contributed by atoms with Gasteiger partial charge in [-0.1, -0.05) is 51.0 Å². The number of allylic oxidation sites excluding steroid dienone is 8. The minimum atomic E-state index is -2.00. The molecule has 0 heterocycles. The molecular weight excluding hydrogens is 760 g/mol. The highest BCUT2D eigenvalue weighted by atomic mass is 19.1. The average Bonchev–Trinajstić information content (AvgIpc) is 3.65. The van der Waals surface area contributed by atoms with E-state index in [1.54, 1.807) is 25.2 Å². The molecule has 15 atom stereocenters. The van der Waals surface area contributed by atoms with E-state index in [0.29, 0.717) is 37.7 Å². The lowest BCUT2D eigenvalue weighted by Gasteiger charge is -2.61. The van der Waals surface area contributed by atoms with Gasteiger partial charge in [0.2, 0.25) is 0 Å². The molecule has 12 heteroatoms. The molecule has 6 saturated carbocycles. The Morgan fingerprint density at radius 2 is 1.37 bits per heavy atom. The Kier molecular flexibility index (Phi) is 10.6. The second-order valence-electron chi connectivity index (χ2n) is 20.2. The van der Waals surface area contributed by atoms with Crippen molar-refractivity contribution in [2.75, 3.05) is 26.4 Å². The number of carbonyl (C=O) groups excluding carboxylic acids is 6. The topological polar surface area (TPSA) is 171 Å². The van der Waals surface area contributed by atoms with Gasteiger partial charge in [0.05, 0.1) is 12.2 Å². The van der Waals surface area contributed by atoms with Crippen molar-refractivity contribution in [3.63, 3.8) is 0 Å². The standard InChI is InChI=1S/C47H59FO11/c1-25-16-34-32-9-7-27-18-29(50)13-15-46(27,5)47(32,48)38(54)20-45(34,4)41(25)37(53)22-59-40(56)24-57-23-39(55)58-21-36(52)33-11-10-31-30-8-6-26-17-28(49)12-14-43(26,2)42(30)35(51)19-44(31,33)3/h12-15,17-18,25,30-35,38,41-42,51,54H,6-11,16,19-24H2,1-5H3. The van der Waals surface area contributed by atoms with Gasteiger partial charge in [-0.15, -0.1) is 0 Å². The molecule has 320 valence electrons. The zero-order valence-corrected chi connectivity index (χ0v) is 34.9. The molecule has 0 aromatic rings. The van der Waals surface area contributed by atoms with E-state index in [2.05, 4.69) is 13.8 Å². The van der Waals surface area contributed by atoms with E-state index in [4.69, 9.17) is 14.2 Å². The maximum Gasteiger partial charge on any atom is 0.332 e. The number of aliphatic hydroxyl groups excluding tert-OH is 2. The van der Waals surface area contributed by atoms with E-state index in [-0.39, 0.29) is 65.1 Å². The van der Waals surface area contributed by atoms with Crippen LogP contribution in [0.15, 0.2) is 47.6 Å². The molecule has 15 unspecified atom stereocenters. The summed E-state index contributed by atoms with van der Waals surface area (Å²) in [7, 11) is 0. The molecule has 0 radical (unpaired) electrons. The Labute approximate surface area is 345 Å². The van der Waals surface area contributed by atoms with E-state index >= 15 is 4.39 Å². The minimum absolute atomic E-state index is 0.0176. The van der Waals surface area contributed by atoms with Crippen LogP contribution in [0.5, 0.6) is 0 Å². The van der Waals surface area contributed by atoms with Gasteiger partial charge in [0.25, 0.3) is 0 Å². The molecule has 0 aromatic heterocycles. The quantitative estimate of drug-likeness (QED) is 0.272. The van der Waals surface area contributed by atoms with Crippen molar-refractivity contribution in [2.45, 2.75) is 110 Å². The van der Waals surface area contributed by atoms with Gasteiger partial charge in [0.1, 0.15) is 26.4 Å². The molecule has 6 fully saturated rings. The first kappa shape index (κ1) is 42.1. The second kappa shape index (κ2) is 14.8. The van der Waals surface area contributed by atoms with Crippen LogP contribution >= 0.6 is 0 Å². The number of fused-ring (bicyclic) bond motifs is 10. The number of aliphatic hydroxyl groups is 2. The highest BCUT2D eigenvalue weighted by Crippen LogP contribution is 2.70. The van der Waals surface area contributed by atoms with Gasteiger partial charge in [-0.2, -0.15) is 0 Å². The predicted octanol–water partition coefficient (Wildman–Crippen LogP) is 5.36. The lowest BCUT2D eigenvalue weighted by molar-refractivity contribution is -0.196. The zero-order chi connectivity index (χ0) is 42.4. The first-order valence-electron chi connectivity index (χ1n) is 21.7. The van der Waals surface area contributed by atoms with Crippen LogP contribution in [0.4, 0.5) is 4.39 Å². The van der Waals surface area contributed by atoms with Gasteiger partial charge in [-0.05, 0) is 124 Å². The maximum absolute atomic E-state index is 17.4. The molecule has 0 aromatic carbocycles. The number of hydrogen-bond donors (Lipinski definition) is 2. The summed E-state index contributed by atoms with van der Waals surface area (Å²) in [5, 5.41) is 23.1. The lowest BCUT2D eigenvalue weighted by atomic mass is 9.45. The lowest BCUT2D eigenvalue weighted by Crippen LogP contribution is -2.66. The largest absolute Gasteiger partial charge is 0.456 e. The van der Waals surface area contributed by atoms with E-state index < -0.39 is 89.7 Å². The molecule has 0 spiro atoms. The molecule has 8 rings (SSSR count). The van der Waals surface area contributed by atoms with Crippen LogP contribution in [0, 0.1) is 69.0 Å². The molecule has 8 aliphatic carbocycles. The minimum Gasteiger partial charge on any atom is -0.456 e. The summed E-state index contributed by atoms with van der Waals surface area (Å²) < 4.78 is 33.2. The Bertz CT molecular complexity index is 1970. The number of esters is 2. The highest BCUT2D eigenvalue weighted by Gasteiger charge is 2.72. The molecule has 59 heavy (non-hydrogen) atoms. The predicted molar refractivity (Wildman–Crippen MR) is 211 cm³/mol. The molecule has 0 aliphatic heterocycles. The number of ether oxygens (including phenoxy) is 3. The van der Waals surface area contributed by atoms with E-state index in [1.165, 1.54) is 12.2 Å². The maximum atomic E-state index is 17.4. The van der Waals surface area contributed by atoms with Crippen LogP contribution in [0.3, 0.4) is 0 Å². The Hall–Kier alpha value is -3.61. The molecule has 2 N–H and O–H groups in total. The van der Waals surface area contributed by atoms with Crippen molar-refractivity contribution >= 4 is 35.1 Å². The Morgan fingerprint density at radius 1 is 0.746 bits per heavy atom. The van der Waals surface area contributed by atoms with Gasteiger partial charge < -0.3 is 24.4 Å². The summed E-state index contributed by atoms with van der Waals surface area (Å²) >= 11 is 0. The van der Waals surface area contributed by atoms with Gasteiger partial charge in [-0.25, -0.2) is 14.0 Å². The van der Waals surface area contributed by atoms with Crippen molar-refractivity contribution < 1.29 is 57.6 Å². The molecule has 8 aliphatic rings. The molecule has 0 bridgehead atoms. The van der Waals surface area contributed by atoms with Gasteiger partial charge >= 0.3 is 11.9 Å².